The lowest BCUT2D eigenvalue weighted by Crippen LogP contribution is -2.42. The summed E-state index contributed by atoms with van der Waals surface area (Å²) in [6.07, 6.45) is 5.14. The first-order chi connectivity index (χ1) is 15.5. The molecule has 0 aliphatic carbocycles. The maximum atomic E-state index is 13.1. The first-order valence-corrected chi connectivity index (χ1v) is 11.8. The summed E-state index contributed by atoms with van der Waals surface area (Å²) < 4.78 is 0. The van der Waals surface area contributed by atoms with Gasteiger partial charge in [-0.25, -0.2) is 4.98 Å². The predicted octanol–water partition coefficient (Wildman–Crippen LogP) is 4.32. The Balaban J connectivity index is 1.32. The number of likely N-dealkylation sites (tertiary alicyclic amines) is 1. The molecule has 2 amide bonds. The number of rotatable bonds is 6. The summed E-state index contributed by atoms with van der Waals surface area (Å²) in [5, 5.41) is 3.89. The van der Waals surface area contributed by atoms with Crippen LogP contribution < -0.4 is 5.32 Å². The van der Waals surface area contributed by atoms with Crippen molar-refractivity contribution in [1.29, 1.82) is 0 Å². The summed E-state index contributed by atoms with van der Waals surface area (Å²) >= 11 is 1.46. The molecule has 1 aliphatic rings. The van der Waals surface area contributed by atoms with Crippen molar-refractivity contribution in [3.63, 3.8) is 0 Å². The van der Waals surface area contributed by atoms with Gasteiger partial charge in [-0.3, -0.25) is 14.6 Å². The molecule has 2 aromatic heterocycles. The minimum atomic E-state index is -0.0845. The molecule has 1 aliphatic heterocycles. The first-order valence-electron chi connectivity index (χ1n) is 11.0. The number of thiazole rings is 1. The van der Waals surface area contributed by atoms with Crippen molar-refractivity contribution in [2.24, 2.45) is 11.8 Å². The third-order valence-corrected chi connectivity index (χ3v) is 7.34. The number of aromatic nitrogens is 2. The first kappa shape index (κ1) is 22.1. The van der Waals surface area contributed by atoms with Gasteiger partial charge in [0.05, 0.1) is 5.69 Å². The Kier molecular flexibility index (Phi) is 6.95. The summed E-state index contributed by atoms with van der Waals surface area (Å²) in [7, 11) is 0. The number of hydrogen-bond acceptors (Lipinski definition) is 5. The fourth-order valence-corrected chi connectivity index (χ4v) is 5.15. The van der Waals surface area contributed by atoms with Gasteiger partial charge < -0.3 is 10.2 Å². The van der Waals surface area contributed by atoms with Crippen LogP contribution in [0.4, 0.5) is 0 Å². The van der Waals surface area contributed by atoms with Gasteiger partial charge in [0, 0.05) is 43.5 Å². The second-order valence-electron chi connectivity index (χ2n) is 8.30. The third-order valence-electron chi connectivity index (χ3n) is 6.15. The molecule has 0 unspecified atom stereocenters. The van der Waals surface area contributed by atoms with Crippen LogP contribution in [-0.4, -0.2) is 39.8 Å². The Morgan fingerprint density at radius 3 is 2.59 bits per heavy atom. The molecule has 0 spiro atoms. The van der Waals surface area contributed by atoms with E-state index in [0.29, 0.717) is 24.5 Å². The molecule has 4 rings (SSSR count). The number of hydrogen-bond donors (Lipinski definition) is 1. The van der Waals surface area contributed by atoms with Crippen molar-refractivity contribution in [3.05, 3.63) is 71.0 Å². The Bertz CT molecular complexity index is 1060. The number of carbonyl (C=O) groups excluding carboxylic acids is 2. The number of nitrogens with one attached hydrogen (secondary N) is 1. The van der Waals surface area contributed by atoms with Crippen molar-refractivity contribution in [3.8, 4) is 10.6 Å². The average Bonchev–Trinajstić information content (AvgIpc) is 3.24. The van der Waals surface area contributed by atoms with Gasteiger partial charge in [-0.05, 0) is 37.3 Å². The lowest BCUT2D eigenvalue weighted by Gasteiger charge is -2.34. The van der Waals surface area contributed by atoms with Gasteiger partial charge in [0.2, 0.25) is 5.91 Å². The van der Waals surface area contributed by atoms with Gasteiger partial charge in [-0.2, -0.15) is 0 Å². The zero-order valence-corrected chi connectivity index (χ0v) is 19.3. The molecule has 3 aromatic rings. The number of benzene rings is 1. The van der Waals surface area contributed by atoms with E-state index in [2.05, 4.69) is 15.3 Å². The molecule has 1 atom stereocenters. The fourth-order valence-electron chi connectivity index (χ4n) is 4.11. The van der Waals surface area contributed by atoms with E-state index in [0.717, 1.165) is 34.7 Å². The van der Waals surface area contributed by atoms with Crippen molar-refractivity contribution >= 4 is 23.2 Å². The summed E-state index contributed by atoms with van der Waals surface area (Å²) in [6, 6.07) is 13.8. The maximum absolute atomic E-state index is 13.1. The number of carbonyl (C=O) groups is 2. The predicted molar refractivity (Wildman–Crippen MR) is 126 cm³/mol. The van der Waals surface area contributed by atoms with Crippen molar-refractivity contribution in [2.75, 3.05) is 13.1 Å². The van der Waals surface area contributed by atoms with Crippen LogP contribution >= 0.6 is 11.3 Å². The number of aryl methyl sites for hydroxylation is 1. The maximum Gasteiger partial charge on any atom is 0.265 e. The largest absolute Gasteiger partial charge is 0.352 e. The second-order valence-corrected chi connectivity index (χ2v) is 9.30. The molecular weight excluding hydrogens is 420 g/mol. The highest BCUT2D eigenvalue weighted by atomic mass is 32.1. The zero-order chi connectivity index (χ0) is 22.5. The van der Waals surface area contributed by atoms with E-state index in [9.17, 15) is 9.59 Å². The normalized spacial score (nSPS) is 15.4. The summed E-state index contributed by atoms with van der Waals surface area (Å²) in [5.74, 6) is 0.299. The van der Waals surface area contributed by atoms with Crippen LogP contribution in [-0.2, 0) is 11.3 Å². The van der Waals surface area contributed by atoms with Crippen LogP contribution in [0, 0.1) is 18.8 Å². The van der Waals surface area contributed by atoms with E-state index in [-0.39, 0.29) is 23.7 Å². The lowest BCUT2D eigenvalue weighted by atomic mass is 9.84. The Hall–Kier alpha value is -3.06. The standard InChI is InChI=1S/C25H28N4O2S/c1-17(23(30)27-16-19-7-6-12-26-15-19)20-10-13-29(14-11-20)25(31)22-18(2)28-24(32-22)21-8-4-3-5-9-21/h3-9,12,15,17,20H,10-11,13-14,16H2,1-2H3,(H,27,30)/t17-/m1/s1. The van der Waals surface area contributed by atoms with E-state index >= 15 is 0 Å². The van der Waals surface area contributed by atoms with Gasteiger partial charge in [-0.15, -0.1) is 11.3 Å². The molecule has 0 bridgehead atoms. The van der Waals surface area contributed by atoms with Crippen LogP contribution in [0.1, 0.15) is 40.7 Å². The van der Waals surface area contributed by atoms with E-state index in [1.54, 1.807) is 12.4 Å². The number of amides is 2. The molecule has 3 heterocycles. The number of pyridine rings is 1. The highest BCUT2D eigenvalue weighted by Gasteiger charge is 2.31. The van der Waals surface area contributed by atoms with Crippen molar-refractivity contribution in [1.82, 2.24) is 20.2 Å². The van der Waals surface area contributed by atoms with Crippen LogP contribution in [0.5, 0.6) is 0 Å². The summed E-state index contributed by atoms with van der Waals surface area (Å²) in [5.41, 5.74) is 2.80. The molecule has 1 N–H and O–H groups in total. The van der Waals surface area contributed by atoms with E-state index < -0.39 is 0 Å². The van der Waals surface area contributed by atoms with E-state index in [4.69, 9.17) is 0 Å². The van der Waals surface area contributed by atoms with Gasteiger partial charge in [0.1, 0.15) is 9.88 Å². The molecule has 6 nitrogen and oxygen atoms in total. The minimum absolute atomic E-state index is 0.0503. The fraction of sp³-hybridized carbons (Fsp3) is 0.360. The Morgan fingerprint density at radius 1 is 1.16 bits per heavy atom. The van der Waals surface area contributed by atoms with Crippen LogP contribution in [0.15, 0.2) is 54.9 Å². The molecule has 1 fully saturated rings. The highest BCUT2D eigenvalue weighted by molar-refractivity contribution is 7.17. The smallest absolute Gasteiger partial charge is 0.265 e. The van der Waals surface area contributed by atoms with E-state index in [1.165, 1.54) is 11.3 Å². The summed E-state index contributed by atoms with van der Waals surface area (Å²) in [4.78, 5) is 37.1. The summed E-state index contributed by atoms with van der Waals surface area (Å²) in [6.45, 7) is 5.71. The van der Waals surface area contributed by atoms with Crippen molar-refractivity contribution < 1.29 is 9.59 Å². The van der Waals surface area contributed by atoms with Crippen LogP contribution in [0.2, 0.25) is 0 Å². The molecule has 1 aromatic carbocycles. The monoisotopic (exact) mass is 448 g/mol. The van der Waals surface area contributed by atoms with Crippen LogP contribution in [0.3, 0.4) is 0 Å². The third kappa shape index (κ3) is 5.05. The highest BCUT2D eigenvalue weighted by Crippen LogP contribution is 2.31. The number of piperidine rings is 1. The SMILES string of the molecule is Cc1nc(-c2ccccc2)sc1C(=O)N1CCC([C@@H](C)C(=O)NCc2cccnc2)CC1. The molecule has 1 saturated heterocycles. The topological polar surface area (TPSA) is 75.2 Å². The van der Waals surface area contributed by atoms with Crippen molar-refractivity contribution in [2.45, 2.75) is 33.2 Å². The Labute approximate surface area is 192 Å². The molecule has 32 heavy (non-hydrogen) atoms. The van der Waals surface area contributed by atoms with E-state index in [1.807, 2.05) is 61.2 Å². The lowest BCUT2D eigenvalue weighted by molar-refractivity contribution is -0.126. The van der Waals surface area contributed by atoms with Gasteiger partial charge in [0.25, 0.3) is 5.91 Å². The zero-order valence-electron chi connectivity index (χ0n) is 18.5. The van der Waals surface area contributed by atoms with Gasteiger partial charge >= 0.3 is 0 Å². The number of nitrogens with zero attached hydrogens (tertiary/aromatic N) is 3. The average molecular weight is 449 g/mol. The van der Waals surface area contributed by atoms with Gasteiger partial charge in [0.15, 0.2) is 0 Å². The van der Waals surface area contributed by atoms with Gasteiger partial charge in [-0.1, -0.05) is 43.3 Å². The Morgan fingerprint density at radius 2 is 1.91 bits per heavy atom. The van der Waals surface area contributed by atoms with Crippen LogP contribution in [0.25, 0.3) is 10.6 Å². The molecular formula is C25H28N4O2S. The minimum Gasteiger partial charge on any atom is -0.352 e. The quantitative estimate of drug-likeness (QED) is 0.609. The molecule has 7 heteroatoms. The second kappa shape index (κ2) is 10.0. The molecule has 0 saturated carbocycles. The molecule has 0 radical (unpaired) electrons. The molecule has 166 valence electrons.